The Morgan fingerprint density at radius 2 is 2.12 bits per heavy atom. The molecule has 1 aliphatic heterocycles. The molecule has 2 aromatic rings. The number of ether oxygens (including phenoxy) is 1. The number of hydrogen-bond donors (Lipinski definition) is 3. The van der Waals surface area contributed by atoms with Crippen molar-refractivity contribution in [1.82, 2.24) is 20.3 Å². The molecular weight excluding hydrogens is 320 g/mol. The Morgan fingerprint density at radius 1 is 1.24 bits per heavy atom. The molecule has 3 N–H and O–H groups in total. The number of amides is 1. The smallest absolute Gasteiger partial charge is 0.225 e. The summed E-state index contributed by atoms with van der Waals surface area (Å²) < 4.78 is 5.22. The number of nitrogens with zero attached hydrogens (tertiary/aromatic N) is 3. The molecule has 0 aromatic carbocycles. The molecule has 1 unspecified atom stereocenters. The number of hydrogen-bond acceptors (Lipinski definition) is 7. The van der Waals surface area contributed by atoms with E-state index < -0.39 is 0 Å². The minimum absolute atomic E-state index is 0.0181. The van der Waals surface area contributed by atoms with Gasteiger partial charge in [-0.2, -0.15) is 0 Å². The van der Waals surface area contributed by atoms with Crippen LogP contribution in [0, 0.1) is 12.8 Å². The van der Waals surface area contributed by atoms with Crippen molar-refractivity contribution >= 4 is 23.4 Å². The standard InChI is InChI=1S/C17H22N6O2/c1-12-21-15(10-16(22-12)23-14-4-2-3-6-18-14)19-7-8-20-17(24)13-5-9-25-11-13/h2-4,6,10,13H,5,7-9,11H2,1H3,(H,20,24)(H2,18,19,21,22,23). The van der Waals surface area contributed by atoms with E-state index in [1.165, 1.54) is 0 Å². The summed E-state index contributed by atoms with van der Waals surface area (Å²) in [6.07, 6.45) is 2.51. The number of nitrogens with one attached hydrogen (secondary N) is 3. The Morgan fingerprint density at radius 3 is 2.88 bits per heavy atom. The number of carbonyl (C=O) groups excluding carboxylic acids is 1. The van der Waals surface area contributed by atoms with Crippen molar-refractivity contribution in [3.63, 3.8) is 0 Å². The molecule has 3 heterocycles. The summed E-state index contributed by atoms with van der Waals surface area (Å²) in [7, 11) is 0. The molecule has 0 aliphatic carbocycles. The fourth-order valence-electron chi connectivity index (χ4n) is 2.55. The summed E-state index contributed by atoms with van der Waals surface area (Å²) in [4.78, 5) is 24.8. The van der Waals surface area contributed by atoms with E-state index in [0.29, 0.717) is 43.8 Å². The lowest BCUT2D eigenvalue weighted by Crippen LogP contribution is -2.34. The SMILES string of the molecule is Cc1nc(NCCNC(=O)C2CCOC2)cc(Nc2ccccn2)n1. The predicted octanol–water partition coefficient (Wildman–Crippen LogP) is 1.49. The number of rotatable bonds is 7. The molecule has 132 valence electrons. The van der Waals surface area contributed by atoms with Crippen LogP contribution in [0.1, 0.15) is 12.2 Å². The van der Waals surface area contributed by atoms with Crippen molar-refractivity contribution in [1.29, 1.82) is 0 Å². The second-order valence-electron chi connectivity index (χ2n) is 5.80. The topological polar surface area (TPSA) is 101 Å². The van der Waals surface area contributed by atoms with Gasteiger partial charge in [-0.3, -0.25) is 4.79 Å². The zero-order valence-corrected chi connectivity index (χ0v) is 14.2. The van der Waals surface area contributed by atoms with Crippen molar-refractivity contribution in [2.45, 2.75) is 13.3 Å². The maximum atomic E-state index is 11.9. The third-order valence-corrected chi connectivity index (χ3v) is 3.79. The van der Waals surface area contributed by atoms with Crippen molar-refractivity contribution in [2.75, 3.05) is 36.9 Å². The molecule has 3 rings (SSSR count). The third kappa shape index (κ3) is 5.12. The first kappa shape index (κ1) is 17.1. The van der Waals surface area contributed by atoms with Crippen LogP contribution in [0.5, 0.6) is 0 Å². The van der Waals surface area contributed by atoms with Gasteiger partial charge in [-0.05, 0) is 25.5 Å². The van der Waals surface area contributed by atoms with E-state index in [1.54, 1.807) is 6.20 Å². The molecule has 0 radical (unpaired) electrons. The van der Waals surface area contributed by atoms with Gasteiger partial charge >= 0.3 is 0 Å². The number of aryl methyl sites for hydroxylation is 1. The molecule has 0 bridgehead atoms. The zero-order chi connectivity index (χ0) is 17.5. The molecule has 1 saturated heterocycles. The summed E-state index contributed by atoms with van der Waals surface area (Å²) in [5, 5.41) is 9.26. The highest BCUT2D eigenvalue weighted by molar-refractivity contribution is 5.79. The Kier molecular flexibility index (Phi) is 5.73. The van der Waals surface area contributed by atoms with E-state index in [9.17, 15) is 4.79 Å². The van der Waals surface area contributed by atoms with Gasteiger partial charge in [0.25, 0.3) is 0 Å². The second-order valence-corrected chi connectivity index (χ2v) is 5.80. The highest BCUT2D eigenvalue weighted by Gasteiger charge is 2.22. The van der Waals surface area contributed by atoms with E-state index >= 15 is 0 Å². The van der Waals surface area contributed by atoms with Gasteiger partial charge in [0.1, 0.15) is 23.3 Å². The zero-order valence-electron chi connectivity index (χ0n) is 14.2. The molecule has 8 nitrogen and oxygen atoms in total. The second kappa shape index (κ2) is 8.39. The average molecular weight is 342 g/mol. The molecule has 1 atom stereocenters. The van der Waals surface area contributed by atoms with E-state index in [-0.39, 0.29) is 11.8 Å². The molecule has 0 spiro atoms. The Balaban J connectivity index is 1.49. The lowest BCUT2D eigenvalue weighted by molar-refractivity contribution is -0.124. The van der Waals surface area contributed by atoms with Crippen LogP contribution < -0.4 is 16.0 Å². The molecule has 0 saturated carbocycles. The summed E-state index contributed by atoms with van der Waals surface area (Å²) in [6, 6.07) is 7.44. The first-order chi connectivity index (χ1) is 12.2. The third-order valence-electron chi connectivity index (χ3n) is 3.79. The van der Waals surface area contributed by atoms with Crippen LogP contribution in [0.4, 0.5) is 17.5 Å². The maximum Gasteiger partial charge on any atom is 0.225 e. The lowest BCUT2D eigenvalue weighted by atomic mass is 10.1. The molecular formula is C17H22N6O2. The lowest BCUT2D eigenvalue weighted by Gasteiger charge is -2.11. The van der Waals surface area contributed by atoms with Crippen molar-refractivity contribution < 1.29 is 9.53 Å². The highest BCUT2D eigenvalue weighted by atomic mass is 16.5. The van der Waals surface area contributed by atoms with E-state index in [4.69, 9.17) is 4.74 Å². The quantitative estimate of drug-likeness (QED) is 0.655. The van der Waals surface area contributed by atoms with E-state index in [2.05, 4.69) is 30.9 Å². The summed E-state index contributed by atoms with van der Waals surface area (Å²) in [5.41, 5.74) is 0. The molecule has 1 aliphatic rings. The Hall–Kier alpha value is -2.74. The number of pyridine rings is 1. The highest BCUT2D eigenvalue weighted by Crippen LogP contribution is 2.15. The molecule has 1 amide bonds. The monoisotopic (exact) mass is 342 g/mol. The van der Waals surface area contributed by atoms with Gasteiger partial charge in [-0.15, -0.1) is 0 Å². The Labute approximate surface area is 146 Å². The fraction of sp³-hybridized carbons (Fsp3) is 0.412. The first-order valence-corrected chi connectivity index (χ1v) is 8.34. The average Bonchev–Trinajstić information content (AvgIpc) is 3.14. The van der Waals surface area contributed by atoms with Crippen LogP contribution in [0.15, 0.2) is 30.5 Å². The summed E-state index contributed by atoms with van der Waals surface area (Å²) in [5.74, 6) is 2.77. The van der Waals surface area contributed by atoms with Crippen LogP contribution in [0.25, 0.3) is 0 Å². The van der Waals surface area contributed by atoms with Gasteiger partial charge in [0.15, 0.2) is 0 Å². The van der Waals surface area contributed by atoms with Gasteiger partial charge in [0, 0.05) is 32.0 Å². The number of carbonyl (C=O) groups is 1. The van der Waals surface area contributed by atoms with Gasteiger partial charge in [-0.25, -0.2) is 15.0 Å². The predicted molar refractivity (Wildman–Crippen MR) is 94.7 cm³/mol. The Bertz CT molecular complexity index is 704. The minimum atomic E-state index is -0.0181. The van der Waals surface area contributed by atoms with Crippen LogP contribution in [-0.4, -0.2) is 47.2 Å². The summed E-state index contributed by atoms with van der Waals surface area (Å²) >= 11 is 0. The number of aromatic nitrogens is 3. The normalized spacial score (nSPS) is 16.4. The van der Waals surface area contributed by atoms with Gasteiger partial charge in [-0.1, -0.05) is 6.07 Å². The molecule has 25 heavy (non-hydrogen) atoms. The fourth-order valence-corrected chi connectivity index (χ4v) is 2.55. The van der Waals surface area contributed by atoms with Crippen LogP contribution in [0.2, 0.25) is 0 Å². The first-order valence-electron chi connectivity index (χ1n) is 8.34. The van der Waals surface area contributed by atoms with Crippen molar-refractivity contribution in [3.8, 4) is 0 Å². The molecule has 8 heteroatoms. The van der Waals surface area contributed by atoms with E-state index in [0.717, 1.165) is 12.2 Å². The van der Waals surface area contributed by atoms with Gasteiger partial charge < -0.3 is 20.7 Å². The van der Waals surface area contributed by atoms with E-state index in [1.807, 2.05) is 31.2 Å². The van der Waals surface area contributed by atoms with Gasteiger partial charge in [0.05, 0.1) is 12.5 Å². The van der Waals surface area contributed by atoms with Crippen molar-refractivity contribution in [2.24, 2.45) is 5.92 Å². The molecule has 1 fully saturated rings. The van der Waals surface area contributed by atoms with Crippen LogP contribution in [0.3, 0.4) is 0 Å². The minimum Gasteiger partial charge on any atom is -0.381 e. The molecule has 2 aromatic heterocycles. The maximum absolute atomic E-state index is 11.9. The van der Waals surface area contributed by atoms with Crippen molar-refractivity contribution in [3.05, 3.63) is 36.3 Å². The largest absolute Gasteiger partial charge is 0.381 e. The van der Waals surface area contributed by atoms with Gasteiger partial charge in [0.2, 0.25) is 5.91 Å². The number of anilines is 3. The van der Waals surface area contributed by atoms with Crippen LogP contribution in [-0.2, 0) is 9.53 Å². The summed E-state index contributed by atoms with van der Waals surface area (Å²) in [6.45, 7) is 4.13. The van der Waals surface area contributed by atoms with Crippen LogP contribution >= 0.6 is 0 Å².